The third-order valence-corrected chi connectivity index (χ3v) is 4.60. The highest BCUT2D eigenvalue weighted by atomic mass is 16.5. The maximum atomic E-state index is 12.4. The number of benzene rings is 1. The first kappa shape index (κ1) is 14.9. The van der Waals surface area contributed by atoms with Crippen molar-refractivity contribution >= 4 is 17.7 Å². The number of amides is 3. The normalized spacial score (nSPS) is 30.0. The Hall–Kier alpha value is -2.67. The molecule has 0 unspecified atom stereocenters. The lowest BCUT2D eigenvalue weighted by Crippen LogP contribution is -2.49. The molecule has 3 aliphatic rings. The average molecular weight is 328 g/mol. The minimum Gasteiger partial charge on any atom is -0.483 e. The van der Waals surface area contributed by atoms with Crippen molar-refractivity contribution in [3.63, 3.8) is 0 Å². The van der Waals surface area contributed by atoms with Crippen LogP contribution in [-0.4, -0.2) is 41.5 Å². The fraction of sp³-hybridized carbons (Fsp3) is 0.353. The lowest BCUT2D eigenvalue weighted by molar-refractivity contribution is -0.151. The predicted octanol–water partition coefficient (Wildman–Crippen LogP) is 0.343. The Morgan fingerprint density at radius 1 is 1.17 bits per heavy atom. The minimum atomic E-state index is -0.554. The number of hydrogen-bond donors (Lipinski definition) is 1. The molecule has 7 nitrogen and oxygen atoms in total. The molecule has 0 aromatic heterocycles. The molecule has 124 valence electrons. The van der Waals surface area contributed by atoms with Gasteiger partial charge in [-0.3, -0.25) is 19.8 Å². The van der Waals surface area contributed by atoms with E-state index in [-0.39, 0.29) is 18.8 Å². The fourth-order valence-electron chi connectivity index (χ4n) is 3.43. The maximum absolute atomic E-state index is 12.4. The van der Waals surface area contributed by atoms with E-state index >= 15 is 0 Å². The van der Waals surface area contributed by atoms with E-state index in [4.69, 9.17) is 9.47 Å². The molecule has 1 aromatic rings. The zero-order valence-corrected chi connectivity index (χ0v) is 13.0. The summed E-state index contributed by atoms with van der Waals surface area (Å²) in [5, 5.41) is 0.814. The van der Waals surface area contributed by atoms with Crippen LogP contribution < -0.4 is 10.2 Å². The molecule has 24 heavy (non-hydrogen) atoms. The van der Waals surface area contributed by atoms with E-state index in [9.17, 15) is 14.4 Å². The van der Waals surface area contributed by atoms with E-state index in [0.29, 0.717) is 5.75 Å². The molecule has 3 amide bonds. The number of ether oxygens (including phenoxy) is 2. The number of aryl methyl sites for hydroxylation is 1. The van der Waals surface area contributed by atoms with E-state index < -0.39 is 29.6 Å². The summed E-state index contributed by atoms with van der Waals surface area (Å²) >= 11 is 0. The SMILES string of the molecule is Cc1ccccc1OCC(=O)NN1C(=O)[C@@H]2[C@@H](C1=O)[C@H]1C=C[C@H]2O1. The van der Waals surface area contributed by atoms with Crippen LogP contribution in [0.3, 0.4) is 0 Å². The zero-order valence-electron chi connectivity index (χ0n) is 13.0. The number of fused-ring (bicyclic) bond motifs is 5. The quantitative estimate of drug-likeness (QED) is 0.636. The molecule has 4 rings (SSSR count). The van der Waals surface area contributed by atoms with E-state index in [1.54, 1.807) is 24.3 Å². The number of imide groups is 1. The first-order valence-electron chi connectivity index (χ1n) is 7.76. The number of hydrogen-bond acceptors (Lipinski definition) is 5. The van der Waals surface area contributed by atoms with Crippen LogP contribution in [-0.2, 0) is 19.1 Å². The third-order valence-electron chi connectivity index (χ3n) is 4.60. The summed E-state index contributed by atoms with van der Waals surface area (Å²) in [4.78, 5) is 36.8. The molecular formula is C17H16N2O5. The molecule has 0 saturated carbocycles. The molecule has 3 aliphatic heterocycles. The highest BCUT2D eigenvalue weighted by Gasteiger charge is 2.61. The van der Waals surface area contributed by atoms with Crippen LogP contribution >= 0.6 is 0 Å². The van der Waals surface area contributed by atoms with E-state index in [0.717, 1.165) is 10.6 Å². The van der Waals surface area contributed by atoms with Gasteiger partial charge in [0.2, 0.25) is 0 Å². The van der Waals surface area contributed by atoms with Crippen LogP contribution in [0.1, 0.15) is 5.56 Å². The van der Waals surface area contributed by atoms with Gasteiger partial charge in [0.1, 0.15) is 5.75 Å². The first-order chi connectivity index (χ1) is 11.6. The Balaban J connectivity index is 1.39. The maximum Gasteiger partial charge on any atom is 0.276 e. The Bertz CT molecular complexity index is 729. The van der Waals surface area contributed by atoms with Crippen molar-refractivity contribution < 1.29 is 23.9 Å². The monoisotopic (exact) mass is 328 g/mol. The van der Waals surface area contributed by atoms with E-state index in [2.05, 4.69) is 5.43 Å². The van der Waals surface area contributed by atoms with Crippen molar-refractivity contribution in [2.45, 2.75) is 19.1 Å². The number of nitrogens with one attached hydrogen (secondary N) is 1. The van der Waals surface area contributed by atoms with Gasteiger partial charge in [-0.25, -0.2) is 0 Å². The largest absolute Gasteiger partial charge is 0.483 e. The number of rotatable bonds is 4. The van der Waals surface area contributed by atoms with Crippen LogP contribution in [0.5, 0.6) is 5.75 Å². The standard InChI is InChI=1S/C17H16N2O5/c1-9-4-2-3-5-10(9)23-8-13(20)18-19-16(21)14-11-6-7-12(24-11)15(14)17(19)22/h2-7,11-12,14-15H,8H2,1H3,(H,18,20)/t11-,12-,14+,15+/m1/s1. The van der Waals surface area contributed by atoms with Gasteiger partial charge in [0, 0.05) is 0 Å². The van der Waals surface area contributed by atoms with E-state index in [1.807, 2.05) is 19.1 Å². The van der Waals surface area contributed by atoms with E-state index in [1.165, 1.54) is 0 Å². The summed E-state index contributed by atoms with van der Waals surface area (Å²) in [6.07, 6.45) is 2.84. The van der Waals surface area contributed by atoms with Crippen molar-refractivity contribution in [3.8, 4) is 5.75 Å². The van der Waals surface area contributed by atoms with Gasteiger partial charge in [-0.05, 0) is 18.6 Å². The Morgan fingerprint density at radius 3 is 2.42 bits per heavy atom. The van der Waals surface area contributed by atoms with Gasteiger partial charge in [0.05, 0.1) is 24.0 Å². The summed E-state index contributed by atoms with van der Waals surface area (Å²) in [6, 6.07) is 7.29. The number of carbonyl (C=O) groups excluding carboxylic acids is 3. The highest BCUT2D eigenvalue weighted by Crippen LogP contribution is 2.44. The Morgan fingerprint density at radius 2 is 1.79 bits per heavy atom. The van der Waals surface area contributed by atoms with Crippen molar-refractivity contribution in [1.29, 1.82) is 0 Å². The first-order valence-corrected chi connectivity index (χ1v) is 7.76. The van der Waals surface area contributed by atoms with Crippen molar-refractivity contribution in [2.75, 3.05) is 6.61 Å². The molecule has 2 saturated heterocycles. The fourth-order valence-corrected chi connectivity index (χ4v) is 3.43. The molecule has 2 fully saturated rings. The van der Waals surface area contributed by atoms with Gasteiger partial charge >= 0.3 is 0 Å². The molecule has 7 heteroatoms. The number of para-hydroxylation sites is 1. The van der Waals surface area contributed by atoms with Gasteiger partial charge < -0.3 is 9.47 Å². The molecule has 0 radical (unpaired) electrons. The van der Waals surface area contributed by atoms with Crippen LogP contribution in [0.4, 0.5) is 0 Å². The van der Waals surface area contributed by atoms with Crippen LogP contribution in [0, 0.1) is 18.8 Å². The minimum absolute atomic E-state index is 0.279. The van der Waals surface area contributed by atoms with Gasteiger partial charge in [-0.15, -0.1) is 0 Å². The molecule has 4 atom stereocenters. The van der Waals surface area contributed by atoms with Crippen LogP contribution in [0.25, 0.3) is 0 Å². The van der Waals surface area contributed by atoms with Crippen molar-refractivity contribution in [2.24, 2.45) is 11.8 Å². The van der Waals surface area contributed by atoms with Crippen molar-refractivity contribution in [3.05, 3.63) is 42.0 Å². The predicted molar refractivity (Wildman–Crippen MR) is 81.5 cm³/mol. The van der Waals surface area contributed by atoms with Crippen LogP contribution in [0.2, 0.25) is 0 Å². The average Bonchev–Trinajstić information content (AvgIpc) is 3.24. The topological polar surface area (TPSA) is 84.9 Å². The zero-order chi connectivity index (χ0) is 16.8. The molecular weight excluding hydrogens is 312 g/mol. The molecule has 0 aliphatic carbocycles. The lowest BCUT2D eigenvalue weighted by Gasteiger charge is -2.18. The van der Waals surface area contributed by atoms with Gasteiger partial charge in [-0.1, -0.05) is 30.4 Å². The van der Waals surface area contributed by atoms with Gasteiger partial charge in [-0.2, -0.15) is 5.01 Å². The van der Waals surface area contributed by atoms with Crippen molar-refractivity contribution in [1.82, 2.24) is 10.4 Å². The van der Waals surface area contributed by atoms with Gasteiger partial charge in [0.25, 0.3) is 17.7 Å². The molecule has 1 N–H and O–H groups in total. The smallest absolute Gasteiger partial charge is 0.276 e. The molecule has 2 bridgehead atoms. The highest BCUT2D eigenvalue weighted by molar-refractivity contribution is 6.07. The second-order valence-corrected chi connectivity index (χ2v) is 6.10. The molecule has 1 aromatic carbocycles. The van der Waals surface area contributed by atoms with Gasteiger partial charge in [0.15, 0.2) is 6.61 Å². The summed E-state index contributed by atoms with van der Waals surface area (Å²) < 4.78 is 11.0. The van der Waals surface area contributed by atoms with Crippen LogP contribution in [0.15, 0.2) is 36.4 Å². The third kappa shape index (κ3) is 2.20. The summed E-state index contributed by atoms with van der Waals surface area (Å²) in [5.74, 6) is -1.90. The molecule has 0 spiro atoms. The number of nitrogens with zero attached hydrogens (tertiary/aromatic N) is 1. The lowest BCUT2D eigenvalue weighted by atomic mass is 9.85. The summed E-state index contributed by atoms with van der Waals surface area (Å²) in [5.41, 5.74) is 3.25. The summed E-state index contributed by atoms with van der Waals surface area (Å²) in [6.45, 7) is 1.59. The second kappa shape index (κ2) is 5.45. The second-order valence-electron chi connectivity index (χ2n) is 6.10. The molecule has 3 heterocycles. The number of carbonyl (C=O) groups is 3. The summed E-state index contributed by atoms with van der Waals surface area (Å²) in [7, 11) is 0. The number of hydrazine groups is 1. The Labute approximate surface area is 138 Å². The Kier molecular flexibility index (Phi) is 3.38.